The molecule has 0 saturated heterocycles. The van der Waals surface area contributed by atoms with Gasteiger partial charge in [-0.1, -0.05) is 24.6 Å². The molecular formula is C17H26N2O. The van der Waals surface area contributed by atoms with Crippen molar-refractivity contribution in [3.63, 3.8) is 0 Å². The van der Waals surface area contributed by atoms with Gasteiger partial charge in [-0.3, -0.25) is 4.79 Å². The number of hydrogen-bond acceptors (Lipinski definition) is 2. The van der Waals surface area contributed by atoms with E-state index in [1.807, 2.05) is 6.07 Å². The van der Waals surface area contributed by atoms with Crippen molar-refractivity contribution in [2.24, 2.45) is 17.6 Å². The Morgan fingerprint density at radius 3 is 2.70 bits per heavy atom. The van der Waals surface area contributed by atoms with Gasteiger partial charge in [-0.05, 0) is 61.8 Å². The van der Waals surface area contributed by atoms with Crippen LogP contribution >= 0.6 is 0 Å². The Labute approximate surface area is 121 Å². The van der Waals surface area contributed by atoms with E-state index in [1.165, 1.54) is 30.4 Å². The van der Waals surface area contributed by atoms with Crippen molar-refractivity contribution in [3.05, 3.63) is 34.9 Å². The van der Waals surface area contributed by atoms with Gasteiger partial charge in [0.05, 0.1) is 6.42 Å². The molecule has 2 atom stereocenters. The second-order valence-corrected chi connectivity index (χ2v) is 6.09. The van der Waals surface area contributed by atoms with E-state index in [2.05, 4.69) is 31.3 Å². The third-order valence-corrected chi connectivity index (χ3v) is 4.62. The number of carbonyl (C=O) groups is 1. The van der Waals surface area contributed by atoms with Gasteiger partial charge in [-0.15, -0.1) is 0 Å². The highest BCUT2D eigenvalue weighted by atomic mass is 16.1. The number of amides is 1. The SMILES string of the molecule is Cc1ccc(CC(=O)NCC2CCCC2CN)cc1C. The van der Waals surface area contributed by atoms with Crippen molar-refractivity contribution in [1.82, 2.24) is 5.32 Å². The van der Waals surface area contributed by atoms with E-state index in [-0.39, 0.29) is 5.91 Å². The molecule has 1 aromatic rings. The molecule has 0 aliphatic heterocycles. The predicted molar refractivity (Wildman–Crippen MR) is 82.5 cm³/mol. The molecule has 3 heteroatoms. The third kappa shape index (κ3) is 3.83. The number of aryl methyl sites for hydroxylation is 2. The number of hydrogen-bond donors (Lipinski definition) is 2. The number of rotatable bonds is 5. The molecule has 0 spiro atoms. The summed E-state index contributed by atoms with van der Waals surface area (Å²) >= 11 is 0. The molecule has 0 bridgehead atoms. The van der Waals surface area contributed by atoms with Crippen LogP contribution in [0.15, 0.2) is 18.2 Å². The second kappa shape index (κ2) is 6.89. The zero-order valence-electron chi connectivity index (χ0n) is 12.6. The first-order chi connectivity index (χ1) is 9.60. The van der Waals surface area contributed by atoms with E-state index in [0.717, 1.165) is 18.7 Å². The van der Waals surface area contributed by atoms with Gasteiger partial charge in [0.1, 0.15) is 0 Å². The fourth-order valence-electron chi connectivity index (χ4n) is 3.10. The second-order valence-electron chi connectivity index (χ2n) is 6.09. The maximum Gasteiger partial charge on any atom is 0.224 e. The summed E-state index contributed by atoms with van der Waals surface area (Å²) in [5.74, 6) is 1.29. The predicted octanol–water partition coefficient (Wildman–Crippen LogP) is 2.34. The van der Waals surface area contributed by atoms with E-state index in [9.17, 15) is 4.79 Å². The largest absolute Gasteiger partial charge is 0.356 e. The van der Waals surface area contributed by atoms with Crippen LogP contribution in [-0.2, 0) is 11.2 Å². The normalized spacial score (nSPS) is 21.9. The first-order valence-electron chi connectivity index (χ1n) is 7.63. The summed E-state index contributed by atoms with van der Waals surface area (Å²) in [6.45, 7) is 5.70. The summed E-state index contributed by atoms with van der Waals surface area (Å²) in [6, 6.07) is 6.23. The van der Waals surface area contributed by atoms with Gasteiger partial charge in [0, 0.05) is 6.54 Å². The lowest BCUT2D eigenvalue weighted by atomic mass is 9.96. The Kier molecular flexibility index (Phi) is 5.18. The summed E-state index contributed by atoms with van der Waals surface area (Å²) < 4.78 is 0. The van der Waals surface area contributed by atoms with Crippen LogP contribution < -0.4 is 11.1 Å². The molecule has 2 rings (SSSR count). The van der Waals surface area contributed by atoms with E-state index in [4.69, 9.17) is 5.73 Å². The van der Waals surface area contributed by atoms with Gasteiger partial charge in [-0.25, -0.2) is 0 Å². The van der Waals surface area contributed by atoms with E-state index in [1.54, 1.807) is 0 Å². The Balaban J connectivity index is 1.81. The van der Waals surface area contributed by atoms with Gasteiger partial charge < -0.3 is 11.1 Å². The maximum absolute atomic E-state index is 12.0. The highest BCUT2D eigenvalue weighted by molar-refractivity contribution is 5.78. The van der Waals surface area contributed by atoms with Gasteiger partial charge >= 0.3 is 0 Å². The Morgan fingerprint density at radius 2 is 2.00 bits per heavy atom. The van der Waals surface area contributed by atoms with Crippen molar-refractivity contribution in [2.45, 2.75) is 39.5 Å². The molecule has 3 nitrogen and oxygen atoms in total. The Morgan fingerprint density at radius 1 is 1.25 bits per heavy atom. The van der Waals surface area contributed by atoms with Gasteiger partial charge in [0.25, 0.3) is 0 Å². The van der Waals surface area contributed by atoms with E-state index in [0.29, 0.717) is 18.3 Å². The minimum atomic E-state index is 0.121. The van der Waals surface area contributed by atoms with Crippen molar-refractivity contribution in [1.29, 1.82) is 0 Å². The number of nitrogens with one attached hydrogen (secondary N) is 1. The van der Waals surface area contributed by atoms with Gasteiger partial charge in [-0.2, -0.15) is 0 Å². The third-order valence-electron chi connectivity index (χ3n) is 4.62. The molecule has 1 aliphatic carbocycles. The fourth-order valence-corrected chi connectivity index (χ4v) is 3.10. The minimum absolute atomic E-state index is 0.121. The van der Waals surface area contributed by atoms with Crippen molar-refractivity contribution in [2.75, 3.05) is 13.1 Å². The lowest BCUT2D eigenvalue weighted by Gasteiger charge is -2.18. The smallest absolute Gasteiger partial charge is 0.224 e. The summed E-state index contributed by atoms with van der Waals surface area (Å²) in [5.41, 5.74) is 9.38. The molecular weight excluding hydrogens is 248 g/mol. The molecule has 1 saturated carbocycles. The molecule has 0 aromatic heterocycles. The van der Waals surface area contributed by atoms with Crippen LogP contribution in [0.4, 0.5) is 0 Å². The minimum Gasteiger partial charge on any atom is -0.356 e. The lowest BCUT2D eigenvalue weighted by Crippen LogP contribution is -2.33. The number of benzene rings is 1. The molecule has 1 aromatic carbocycles. The summed E-state index contributed by atoms with van der Waals surface area (Å²) in [7, 11) is 0. The first kappa shape index (κ1) is 15.0. The molecule has 20 heavy (non-hydrogen) atoms. The van der Waals surface area contributed by atoms with Crippen LogP contribution in [0.25, 0.3) is 0 Å². The van der Waals surface area contributed by atoms with Crippen molar-refractivity contribution < 1.29 is 4.79 Å². The molecule has 2 unspecified atom stereocenters. The molecule has 110 valence electrons. The van der Waals surface area contributed by atoms with Crippen LogP contribution in [0.2, 0.25) is 0 Å². The fraction of sp³-hybridized carbons (Fsp3) is 0.588. The monoisotopic (exact) mass is 274 g/mol. The topological polar surface area (TPSA) is 55.1 Å². The number of carbonyl (C=O) groups excluding carboxylic acids is 1. The van der Waals surface area contributed by atoms with Crippen LogP contribution in [0, 0.1) is 25.7 Å². The standard InChI is InChI=1S/C17H26N2O/c1-12-6-7-14(8-13(12)2)9-17(20)19-11-16-5-3-4-15(16)10-18/h6-8,15-16H,3-5,9-11,18H2,1-2H3,(H,19,20). The lowest BCUT2D eigenvalue weighted by molar-refractivity contribution is -0.120. The van der Waals surface area contributed by atoms with Crippen LogP contribution in [-0.4, -0.2) is 19.0 Å². The zero-order valence-corrected chi connectivity index (χ0v) is 12.6. The molecule has 3 N–H and O–H groups in total. The average Bonchev–Trinajstić information content (AvgIpc) is 2.88. The van der Waals surface area contributed by atoms with E-state index >= 15 is 0 Å². The van der Waals surface area contributed by atoms with Crippen molar-refractivity contribution in [3.8, 4) is 0 Å². The van der Waals surface area contributed by atoms with Crippen LogP contribution in [0.1, 0.15) is 36.0 Å². The van der Waals surface area contributed by atoms with Gasteiger partial charge in [0.2, 0.25) is 5.91 Å². The highest BCUT2D eigenvalue weighted by Gasteiger charge is 2.26. The van der Waals surface area contributed by atoms with E-state index < -0.39 is 0 Å². The van der Waals surface area contributed by atoms with Crippen LogP contribution in [0.3, 0.4) is 0 Å². The molecule has 1 aliphatic rings. The molecule has 0 radical (unpaired) electrons. The first-order valence-corrected chi connectivity index (χ1v) is 7.63. The van der Waals surface area contributed by atoms with Crippen molar-refractivity contribution >= 4 is 5.91 Å². The Bertz CT molecular complexity index is 470. The quantitative estimate of drug-likeness (QED) is 0.866. The maximum atomic E-state index is 12.0. The summed E-state index contributed by atoms with van der Waals surface area (Å²) in [4.78, 5) is 12.0. The molecule has 1 amide bonds. The van der Waals surface area contributed by atoms with Gasteiger partial charge in [0.15, 0.2) is 0 Å². The highest BCUT2D eigenvalue weighted by Crippen LogP contribution is 2.30. The zero-order chi connectivity index (χ0) is 14.5. The molecule has 0 heterocycles. The summed E-state index contributed by atoms with van der Waals surface area (Å²) in [5, 5.41) is 3.08. The van der Waals surface area contributed by atoms with Crippen LogP contribution in [0.5, 0.6) is 0 Å². The number of nitrogens with two attached hydrogens (primary N) is 1. The Hall–Kier alpha value is -1.35. The average molecular weight is 274 g/mol. The molecule has 1 fully saturated rings. The summed E-state index contributed by atoms with van der Waals surface area (Å²) in [6.07, 6.45) is 4.14.